The summed E-state index contributed by atoms with van der Waals surface area (Å²) in [7, 11) is -0.583. The third-order valence-corrected chi connectivity index (χ3v) is 7.04. The van der Waals surface area contributed by atoms with Crippen molar-refractivity contribution < 1.29 is 13.2 Å². The minimum Gasteiger partial charge on any atom is -0.350 e. The molecule has 0 bridgehead atoms. The first-order valence-corrected chi connectivity index (χ1v) is 11.3. The van der Waals surface area contributed by atoms with Gasteiger partial charge in [0, 0.05) is 31.2 Å². The summed E-state index contributed by atoms with van der Waals surface area (Å²) in [5, 5.41) is 3.62. The molecule has 2 rings (SSSR count). The maximum Gasteiger partial charge on any atom is 0.251 e. The van der Waals surface area contributed by atoms with E-state index in [0.29, 0.717) is 17.1 Å². The molecule has 6 nitrogen and oxygen atoms in total. The molecule has 29 heavy (non-hydrogen) atoms. The van der Waals surface area contributed by atoms with Crippen LogP contribution in [0.1, 0.15) is 35.8 Å². The molecule has 0 spiro atoms. The van der Waals surface area contributed by atoms with Crippen LogP contribution in [0.2, 0.25) is 5.02 Å². The van der Waals surface area contributed by atoms with Crippen molar-refractivity contribution in [2.24, 2.45) is 0 Å². The zero-order chi connectivity index (χ0) is 21.6. The van der Waals surface area contributed by atoms with E-state index in [-0.39, 0.29) is 16.8 Å². The number of carbonyl (C=O) groups is 1. The van der Waals surface area contributed by atoms with Crippen LogP contribution in [0.4, 0.5) is 0 Å². The van der Waals surface area contributed by atoms with Crippen LogP contribution in [0, 0.1) is 0 Å². The van der Waals surface area contributed by atoms with Gasteiger partial charge in [0.05, 0.1) is 10.9 Å². The van der Waals surface area contributed by atoms with Gasteiger partial charge < -0.3 is 5.32 Å². The summed E-state index contributed by atoms with van der Waals surface area (Å²) in [5.74, 6) is -0.261. The number of nitrogens with zero attached hydrogens (tertiary/aromatic N) is 2. The number of nitrogens with one attached hydrogen (secondary N) is 1. The van der Waals surface area contributed by atoms with Crippen LogP contribution in [-0.2, 0) is 10.0 Å². The first-order valence-electron chi connectivity index (χ1n) is 9.51. The van der Waals surface area contributed by atoms with E-state index in [9.17, 15) is 13.2 Å². The highest BCUT2D eigenvalue weighted by atomic mass is 35.5. The number of hydrogen-bond donors (Lipinski definition) is 1. The molecule has 158 valence electrons. The second-order valence-corrected chi connectivity index (χ2v) is 9.34. The molecule has 0 radical (unpaired) electrons. The maximum atomic E-state index is 12.6. The number of amides is 1. The summed E-state index contributed by atoms with van der Waals surface area (Å²) in [6.07, 6.45) is 0. The zero-order valence-electron chi connectivity index (χ0n) is 17.2. The molecule has 1 amide bonds. The Labute approximate surface area is 178 Å². The van der Waals surface area contributed by atoms with Crippen LogP contribution in [0.3, 0.4) is 0 Å². The van der Waals surface area contributed by atoms with Crippen molar-refractivity contribution in [3.8, 4) is 0 Å². The molecule has 2 aromatic rings. The lowest BCUT2D eigenvalue weighted by atomic mass is 10.0. The van der Waals surface area contributed by atoms with E-state index in [1.165, 1.54) is 38.4 Å². The van der Waals surface area contributed by atoms with Crippen molar-refractivity contribution in [2.45, 2.75) is 24.8 Å². The molecule has 0 aromatic heterocycles. The zero-order valence-corrected chi connectivity index (χ0v) is 18.8. The summed E-state index contributed by atoms with van der Waals surface area (Å²) in [5.41, 5.74) is 1.37. The number of benzene rings is 2. The average molecular weight is 438 g/mol. The average Bonchev–Trinajstić information content (AvgIpc) is 2.71. The minimum absolute atomic E-state index is 0.0592. The molecule has 0 saturated carbocycles. The predicted octanol–water partition coefficient (Wildman–Crippen LogP) is 3.40. The lowest BCUT2D eigenvalue weighted by molar-refractivity contribution is 0.0935. The topological polar surface area (TPSA) is 69.7 Å². The monoisotopic (exact) mass is 437 g/mol. The van der Waals surface area contributed by atoms with Crippen molar-refractivity contribution in [3.63, 3.8) is 0 Å². The van der Waals surface area contributed by atoms with Gasteiger partial charge in [0.25, 0.3) is 5.91 Å². The SMILES string of the molecule is CCN(CC)[C@H](CNC(=O)c1ccc(S(=O)(=O)N(C)C)cc1)c1ccccc1Cl. The molecule has 0 unspecified atom stereocenters. The number of sulfonamides is 1. The number of rotatable bonds is 9. The maximum absolute atomic E-state index is 12.6. The molecule has 0 aliphatic carbocycles. The smallest absolute Gasteiger partial charge is 0.251 e. The molecule has 0 fully saturated rings. The summed E-state index contributed by atoms with van der Waals surface area (Å²) < 4.78 is 25.5. The lowest BCUT2D eigenvalue weighted by Gasteiger charge is -2.31. The lowest BCUT2D eigenvalue weighted by Crippen LogP contribution is -2.38. The molecule has 1 N–H and O–H groups in total. The Balaban J connectivity index is 2.17. The molecular weight excluding hydrogens is 410 g/mol. The Hall–Kier alpha value is -1.93. The molecule has 0 aliphatic heterocycles. The highest BCUT2D eigenvalue weighted by molar-refractivity contribution is 7.89. The Morgan fingerprint density at radius 3 is 2.14 bits per heavy atom. The summed E-state index contributed by atoms with van der Waals surface area (Å²) in [6.45, 7) is 6.17. The van der Waals surface area contributed by atoms with Crippen LogP contribution in [-0.4, -0.2) is 57.3 Å². The predicted molar refractivity (Wildman–Crippen MR) is 117 cm³/mol. The van der Waals surface area contributed by atoms with Gasteiger partial charge in [0.1, 0.15) is 0 Å². The second kappa shape index (κ2) is 10.2. The quantitative estimate of drug-likeness (QED) is 0.652. The van der Waals surface area contributed by atoms with Gasteiger partial charge in [-0.05, 0) is 49.0 Å². The Bertz CT molecular complexity index is 926. The molecule has 1 atom stereocenters. The molecule has 0 aliphatic rings. The standard InChI is InChI=1S/C21H28ClN3O3S/c1-5-25(6-2)20(18-9-7-8-10-19(18)22)15-23-21(26)16-11-13-17(14-12-16)29(27,28)24(3)4/h7-14,20H,5-6,15H2,1-4H3,(H,23,26)/t20-/m1/s1. The van der Waals surface area contributed by atoms with Gasteiger partial charge in [0.15, 0.2) is 0 Å². The van der Waals surface area contributed by atoms with Crippen LogP contribution in [0.15, 0.2) is 53.4 Å². The largest absolute Gasteiger partial charge is 0.350 e. The van der Waals surface area contributed by atoms with Crippen LogP contribution >= 0.6 is 11.6 Å². The van der Waals surface area contributed by atoms with Gasteiger partial charge in [-0.15, -0.1) is 0 Å². The number of likely N-dealkylation sites (N-methyl/N-ethyl adjacent to an activating group) is 1. The number of hydrogen-bond acceptors (Lipinski definition) is 4. The van der Waals surface area contributed by atoms with Crippen molar-refractivity contribution in [1.29, 1.82) is 0 Å². The minimum atomic E-state index is -3.52. The molecule has 2 aromatic carbocycles. The summed E-state index contributed by atoms with van der Waals surface area (Å²) >= 11 is 6.39. The highest BCUT2D eigenvalue weighted by Gasteiger charge is 2.22. The normalized spacial score (nSPS) is 12.9. The van der Waals surface area contributed by atoms with Gasteiger partial charge in [0.2, 0.25) is 10.0 Å². The molecule has 0 heterocycles. The van der Waals surface area contributed by atoms with Gasteiger partial charge in [-0.3, -0.25) is 9.69 Å². The first kappa shape index (κ1) is 23.3. The van der Waals surface area contributed by atoms with Crippen LogP contribution in [0.5, 0.6) is 0 Å². The second-order valence-electron chi connectivity index (χ2n) is 6.78. The van der Waals surface area contributed by atoms with E-state index in [1.807, 2.05) is 24.3 Å². The highest BCUT2D eigenvalue weighted by Crippen LogP contribution is 2.27. The van der Waals surface area contributed by atoms with E-state index in [4.69, 9.17) is 11.6 Å². The van der Waals surface area contributed by atoms with Crippen molar-refractivity contribution >= 4 is 27.5 Å². The van der Waals surface area contributed by atoms with Gasteiger partial charge in [-0.25, -0.2) is 12.7 Å². The van der Waals surface area contributed by atoms with Crippen molar-refractivity contribution in [3.05, 3.63) is 64.7 Å². The Morgan fingerprint density at radius 2 is 1.62 bits per heavy atom. The Morgan fingerprint density at radius 1 is 1.03 bits per heavy atom. The number of carbonyl (C=O) groups excluding carboxylic acids is 1. The fourth-order valence-corrected chi connectivity index (χ4v) is 4.29. The summed E-state index contributed by atoms with van der Waals surface area (Å²) in [6, 6.07) is 13.5. The molecule has 0 saturated heterocycles. The van der Waals surface area contributed by atoms with E-state index in [0.717, 1.165) is 23.0 Å². The van der Waals surface area contributed by atoms with Crippen LogP contribution in [0.25, 0.3) is 0 Å². The van der Waals surface area contributed by atoms with Gasteiger partial charge in [-0.2, -0.15) is 0 Å². The third-order valence-electron chi connectivity index (χ3n) is 4.87. The van der Waals surface area contributed by atoms with Gasteiger partial charge in [-0.1, -0.05) is 43.6 Å². The van der Waals surface area contributed by atoms with E-state index in [1.54, 1.807) is 0 Å². The molecule has 8 heteroatoms. The fourth-order valence-electron chi connectivity index (χ4n) is 3.13. The Kier molecular flexibility index (Phi) is 8.22. The first-order chi connectivity index (χ1) is 13.7. The third kappa shape index (κ3) is 5.57. The van der Waals surface area contributed by atoms with Crippen molar-refractivity contribution in [1.82, 2.24) is 14.5 Å². The summed E-state index contributed by atoms with van der Waals surface area (Å²) in [4.78, 5) is 15.0. The van der Waals surface area contributed by atoms with E-state index >= 15 is 0 Å². The fraction of sp³-hybridized carbons (Fsp3) is 0.381. The molecular formula is C21H28ClN3O3S. The van der Waals surface area contributed by atoms with E-state index < -0.39 is 10.0 Å². The van der Waals surface area contributed by atoms with Gasteiger partial charge >= 0.3 is 0 Å². The number of halogens is 1. The van der Waals surface area contributed by atoms with Crippen LogP contribution < -0.4 is 5.32 Å². The van der Waals surface area contributed by atoms with E-state index in [2.05, 4.69) is 24.1 Å². The van der Waals surface area contributed by atoms with Crippen molar-refractivity contribution in [2.75, 3.05) is 33.7 Å².